The molecular formula is C26H18Br2. The third-order valence-electron chi connectivity index (χ3n) is 6.60. The van der Waals surface area contributed by atoms with Gasteiger partial charge in [0.2, 0.25) is 0 Å². The summed E-state index contributed by atoms with van der Waals surface area (Å²) < 4.78 is 1.11. The molecule has 2 atom stereocenters. The van der Waals surface area contributed by atoms with Gasteiger partial charge in [-0.3, -0.25) is 0 Å². The maximum Gasteiger partial charge on any atom is 0.0723 e. The van der Waals surface area contributed by atoms with Gasteiger partial charge in [0, 0.05) is 10.0 Å². The molecule has 3 aliphatic rings. The highest BCUT2D eigenvalue weighted by Gasteiger charge is 2.55. The number of hydrogen-bond acceptors (Lipinski definition) is 0. The monoisotopic (exact) mass is 488 g/mol. The van der Waals surface area contributed by atoms with Gasteiger partial charge in [0.15, 0.2) is 0 Å². The molecule has 2 heteroatoms. The fraction of sp³-hybridized carbons (Fsp3) is 0.154. The van der Waals surface area contributed by atoms with E-state index in [2.05, 4.69) is 118 Å². The Morgan fingerprint density at radius 2 is 1.43 bits per heavy atom. The van der Waals surface area contributed by atoms with Crippen molar-refractivity contribution in [2.24, 2.45) is 0 Å². The molecule has 0 saturated carbocycles. The van der Waals surface area contributed by atoms with E-state index < -0.39 is 0 Å². The lowest BCUT2D eigenvalue weighted by Crippen LogP contribution is -2.28. The van der Waals surface area contributed by atoms with Gasteiger partial charge >= 0.3 is 0 Å². The summed E-state index contributed by atoms with van der Waals surface area (Å²) in [4.78, 5) is 0. The summed E-state index contributed by atoms with van der Waals surface area (Å²) in [5.41, 5.74) is 10.8. The van der Waals surface area contributed by atoms with Gasteiger partial charge in [-0.1, -0.05) is 105 Å². The van der Waals surface area contributed by atoms with Gasteiger partial charge in [-0.15, -0.1) is 0 Å². The Morgan fingerprint density at radius 1 is 0.786 bits per heavy atom. The molecule has 0 fully saturated rings. The molecule has 0 heterocycles. The Morgan fingerprint density at radius 3 is 2.21 bits per heavy atom. The van der Waals surface area contributed by atoms with E-state index in [9.17, 15) is 0 Å². The van der Waals surface area contributed by atoms with E-state index in [1.165, 1.54) is 49.0 Å². The minimum atomic E-state index is -0.242. The van der Waals surface area contributed by atoms with Crippen molar-refractivity contribution in [1.29, 1.82) is 0 Å². The number of alkyl halides is 1. The molecule has 28 heavy (non-hydrogen) atoms. The van der Waals surface area contributed by atoms with E-state index in [1.54, 1.807) is 0 Å². The third-order valence-corrected chi connectivity index (χ3v) is 7.98. The van der Waals surface area contributed by atoms with Crippen LogP contribution in [0.2, 0.25) is 0 Å². The van der Waals surface area contributed by atoms with Crippen LogP contribution in [0.25, 0.3) is 16.7 Å². The van der Waals surface area contributed by atoms with Crippen molar-refractivity contribution in [3.63, 3.8) is 0 Å². The molecule has 0 bridgehead atoms. The number of halogens is 2. The molecule has 3 aromatic rings. The average Bonchev–Trinajstić information content (AvgIpc) is 3.16. The number of fused-ring (bicyclic) bond motifs is 9. The van der Waals surface area contributed by atoms with Crippen LogP contribution in [-0.2, 0) is 5.41 Å². The second kappa shape index (κ2) is 5.58. The zero-order chi connectivity index (χ0) is 19.1. The van der Waals surface area contributed by atoms with Crippen molar-refractivity contribution >= 4 is 37.4 Å². The molecule has 0 aromatic heterocycles. The second-order valence-corrected chi connectivity index (χ2v) is 10.7. The van der Waals surface area contributed by atoms with Crippen LogP contribution in [0, 0.1) is 0 Å². The summed E-state index contributed by atoms with van der Waals surface area (Å²) in [6, 6.07) is 24.6. The van der Waals surface area contributed by atoms with Crippen LogP contribution < -0.4 is 0 Å². The van der Waals surface area contributed by atoms with E-state index in [4.69, 9.17) is 0 Å². The fourth-order valence-corrected chi connectivity index (χ4v) is 6.83. The maximum atomic E-state index is 4.08. The molecule has 1 spiro atoms. The third kappa shape index (κ3) is 1.86. The van der Waals surface area contributed by atoms with Crippen molar-refractivity contribution in [2.45, 2.75) is 23.1 Å². The SMILES string of the molecule is CC1(Br)CC=CC2=C1c1ccccc1C21c2ccccc2-c2c(Br)cccc21. The number of benzene rings is 3. The van der Waals surface area contributed by atoms with Crippen LogP contribution >= 0.6 is 31.9 Å². The minimum absolute atomic E-state index is 0.0552. The normalized spacial score (nSPS) is 26.2. The lowest BCUT2D eigenvalue weighted by atomic mass is 9.68. The van der Waals surface area contributed by atoms with Gasteiger partial charge in [0.25, 0.3) is 0 Å². The zero-order valence-electron chi connectivity index (χ0n) is 15.5. The molecule has 0 N–H and O–H groups in total. The van der Waals surface area contributed by atoms with Gasteiger partial charge in [-0.2, -0.15) is 0 Å². The molecule has 0 aliphatic heterocycles. The molecule has 0 saturated heterocycles. The Balaban J connectivity index is 1.86. The zero-order valence-corrected chi connectivity index (χ0v) is 18.6. The number of hydrogen-bond donors (Lipinski definition) is 0. The number of rotatable bonds is 0. The predicted octanol–water partition coefficient (Wildman–Crippen LogP) is 7.64. The predicted molar refractivity (Wildman–Crippen MR) is 124 cm³/mol. The van der Waals surface area contributed by atoms with Crippen LogP contribution in [0.3, 0.4) is 0 Å². The van der Waals surface area contributed by atoms with Crippen molar-refractivity contribution in [3.8, 4) is 11.1 Å². The van der Waals surface area contributed by atoms with Crippen LogP contribution in [0.4, 0.5) is 0 Å². The fourth-order valence-electron chi connectivity index (χ4n) is 5.64. The summed E-state index contributed by atoms with van der Waals surface area (Å²) in [5.74, 6) is 0. The first-order valence-electron chi connectivity index (χ1n) is 9.66. The molecule has 3 aromatic carbocycles. The Hall–Kier alpha value is -1.90. The second-order valence-electron chi connectivity index (χ2n) is 8.10. The largest absolute Gasteiger partial charge is 0.0825 e. The lowest BCUT2D eigenvalue weighted by Gasteiger charge is -2.34. The van der Waals surface area contributed by atoms with E-state index in [1.807, 2.05) is 0 Å². The van der Waals surface area contributed by atoms with Crippen molar-refractivity contribution in [2.75, 3.05) is 0 Å². The Labute approximate surface area is 182 Å². The van der Waals surface area contributed by atoms with E-state index in [0.717, 1.165) is 6.42 Å². The van der Waals surface area contributed by atoms with Gasteiger partial charge < -0.3 is 0 Å². The Kier molecular flexibility index (Phi) is 3.39. The topological polar surface area (TPSA) is 0 Å². The van der Waals surface area contributed by atoms with E-state index >= 15 is 0 Å². The van der Waals surface area contributed by atoms with Crippen molar-refractivity contribution < 1.29 is 0 Å². The van der Waals surface area contributed by atoms with Crippen molar-refractivity contribution in [1.82, 2.24) is 0 Å². The van der Waals surface area contributed by atoms with Crippen LogP contribution in [0.15, 0.2) is 88.9 Å². The van der Waals surface area contributed by atoms with Gasteiger partial charge in [-0.25, -0.2) is 0 Å². The lowest BCUT2D eigenvalue weighted by molar-refractivity contribution is 0.764. The molecule has 2 unspecified atom stereocenters. The van der Waals surface area contributed by atoms with E-state index in [0.29, 0.717) is 0 Å². The molecule has 3 aliphatic carbocycles. The van der Waals surface area contributed by atoms with Gasteiger partial charge in [-0.05, 0) is 58.4 Å². The van der Waals surface area contributed by atoms with E-state index in [-0.39, 0.29) is 9.74 Å². The van der Waals surface area contributed by atoms with Crippen molar-refractivity contribution in [3.05, 3.63) is 111 Å². The smallest absolute Gasteiger partial charge is 0.0723 e. The first kappa shape index (κ1) is 17.0. The first-order valence-corrected chi connectivity index (χ1v) is 11.2. The van der Waals surface area contributed by atoms with Gasteiger partial charge in [0.1, 0.15) is 0 Å². The Bertz CT molecular complexity index is 1230. The summed E-state index contributed by atoms with van der Waals surface area (Å²) in [5, 5.41) is 0. The molecule has 0 radical (unpaired) electrons. The molecule has 0 amide bonds. The molecule has 136 valence electrons. The maximum absolute atomic E-state index is 4.08. The van der Waals surface area contributed by atoms with Crippen LogP contribution in [0.5, 0.6) is 0 Å². The highest BCUT2D eigenvalue weighted by Crippen LogP contribution is 2.65. The molecular weight excluding hydrogens is 472 g/mol. The standard InChI is InChI=1S/C26H18Br2/c1-25(28)15-7-13-21-24(25)17-9-3-5-11-19(17)26(21)18-10-4-2-8-16(18)23-20(26)12-6-14-22(23)27/h2-14H,15H2,1H3. The highest BCUT2D eigenvalue weighted by molar-refractivity contribution is 9.10. The quantitative estimate of drug-likeness (QED) is 0.284. The van der Waals surface area contributed by atoms with Crippen LogP contribution in [0.1, 0.15) is 35.6 Å². The first-order chi connectivity index (χ1) is 13.6. The minimum Gasteiger partial charge on any atom is -0.0825 e. The summed E-state index contributed by atoms with van der Waals surface area (Å²) >= 11 is 7.93. The summed E-state index contributed by atoms with van der Waals surface area (Å²) in [6.45, 7) is 2.31. The summed E-state index contributed by atoms with van der Waals surface area (Å²) in [6.07, 6.45) is 5.72. The molecule has 6 rings (SSSR count). The van der Waals surface area contributed by atoms with Gasteiger partial charge in [0.05, 0.1) is 9.74 Å². The highest BCUT2D eigenvalue weighted by atomic mass is 79.9. The molecule has 0 nitrogen and oxygen atoms in total. The average molecular weight is 490 g/mol. The van der Waals surface area contributed by atoms with Crippen LogP contribution in [-0.4, -0.2) is 4.32 Å². The number of allylic oxidation sites excluding steroid dienone is 4. The summed E-state index contributed by atoms with van der Waals surface area (Å²) in [7, 11) is 0.